The summed E-state index contributed by atoms with van der Waals surface area (Å²) in [6.07, 6.45) is 1.44. The SMILES string of the molecule is CC.CC.CC.CC.CC(=O)Nc1c[c-]c(N[C-]=O)cc1O.Cc1ccccc1.[V].[Y]. The molecule has 2 radical (unpaired) electrons. The maximum absolute atomic E-state index is 10.7. The van der Waals surface area contributed by atoms with E-state index in [4.69, 9.17) is 0 Å². The number of rotatable bonds is 3. The third kappa shape index (κ3) is 28.9. The van der Waals surface area contributed by atoms with Crippen LogP contribution in [0, 0.1) is 13.0 Å². The quantitative estimate of drug-likeness (QED) is 0.228. The van der Waals surface area contributed by atoms with Crippen LogP contribution < -0.4 is 10.6 Å². The first-order valence-corrected chi connectivity index (χ1v) is 10.2. The van der Waals surface area contributed by atoms with Gasteiger partial charge in [0.05, 0.1) is 6.41 Å². The normalized spacial score (nSPS) is 6.90. The first-order chi connectivity index (χ1) is 14.0. The number of carbonyl (C=O) groups is 1. The van der Waals surface area contributed by atoms with Crippen molar-refractivity contribution < 1.29 is 66.0 Å². The number of aryl methyl sites for hydroxylation is 1. The molecule has 0 aromatic heterocycles. The Morgan fingerprint density at radius 2 is 1.42 bits per heavy atom. The first kappa shape index (κ1) is 43.7. The zero-order chi connectivity index (χ0) is 23.7. The summed E-state index contributed by atoms with van der Waals surface area (Å²) in [4.78, 5) is 20.6. The first-order valence-electron chi connectivity index (χ1n) is 10.2. The summed E-state index contributed by atoms with van der Waals surface area (Å²) in [6.45, 7) is 19.4. The van der Waals surface area contributed by atoms with Gasteiger partial charge in [-0.3, -0.25) is 10.9 Å². The van der Waals surface area contributed by atoms with Gasteiger partial charge in [0.15, 0.2) is 0 Å². The molecule has 5 nitrogen and oxygen atoms in total. The van der Waals surface area contributed by atoms with E-state index < -0.39 is 0 Å². The number of hydrogen-bond donors (Lipinski definition) is 3. The van der Waals surface area contributed by atoms with Gasteiger partial charge in [-0.05, 0) is 12.6 Å². The van der Waals surface area contributed by atoms with Crippen LogP contribution in [-0.2, 0) is 60.9 Å². The average Bonchev–Trinajstić information content (AvgIpc) is 2.77. The second kappa shape index (κ2) is 36.3. The Kier molecular flexibility index (Phi) is 51.1. The van der Waals surface area contributed by atoms with Crippen molar-refractivity contribution >= 4 is 23.7 Å². The fourth-order valence-corrected chi connectivity index (χ4v) is 1.43. The van der Waals surface area contributed by atoms with Gasteiger partial charge < -0.3 is 20.5 Å². The molecular formula is C24H40N2O3VY-2. The van der Waals surface area contributed by atoms with Gasteiger partial charge in [0.25, 0.3) is 0 Å². The maximum Gasteiger partial charge on any atom is 0.210 e. The van der Waals surface area contributed by atoms with E-state index in [2.05, 4.69) is 35.8 Å². The summed E-state index contributed by atoms with van der Waals surface area (Å²) in [5, 5.41) is 14.0. The molecule has 0 unspecified atom stereocenters. The Bertz CT molecular complexity index is 613. The van der Waals surface area contributed by atoms with E-state index in [1.54, 1.807) is 0 Å². The average molecular weight is 544 g/mol. The van der Waals surface area contributed by atoms with Crippen LogP contribution in [0.3, 0.4) is 0 Å². The summed E-state index contributed by atoms with van der Waals surface area (Å²) in [6, 6.07) is 15.5. The number of nitrogens with one attached hydrogen (secondary N) is 2. The molecule has 0 saturated carbocycles. The third-order valence-corrected chi connectivity index (χ3v) is 2.37. The van der Waals surface area contributed by atoms with Crippen LogP contribution in [0.15, 0.2) is 42.5 Å². The zero-order valence-electron chi connectivity index (χ0n) is 20.8. The Balaban J connectivity index is -0.0000000783. The smallest absolute Gasteiger partial charge is 0.210 e. The number of amides is 2. The molecule has 0 bridgehead atoms. The predicted molar refractivity (Wildman–Crippen MR) is 127 cm³/mol. The van der Waals surface area contributed by atoms with Crippen molar-refractivity contribution in [2.45, 2.75) is 69.2 Å². The van der Waals surface area contributed by atoms with Crippen molar-refractivity contribution in [3.63, 3.8) is 0 Å². The van der Waals surface area contributed by atoms with Crippen molar-refractivity contribution in [2.24, 2.45) is 0 Å². The molecule has 0 atom stereocenters. The van der Waals surface area contributed by atoms with E-state index >= 15 is 0 Å². The predicted octanol–water partition coefficient (Wildman–Crippen LogP) is 6.72. The van der Waals surface area contributed by atoms with Crippen LogP contribution in [0.2, 0.25) is 0 Å². The van der Waals surface area contributed by atoms with Gasteiger partial charge in [-0.2, -0.15) is 12.1 Å². The van der Waals surface area contributed by atoms with Crippen LogP contribution in [0.5, 0.6) is 5.75 Å². The fraction of sp³-hybridized carbons (Fsp3) is 0.417. The van der Waals surface area contributed by atoms with Gasteiger partial charge in [-0.25, -0.2) is 5.69 Å². The Morgan fingerprint density at radius 1 is 0.968 bits per heavy atom. The summed E-state index contributed by atoms with van der Waals surface area (Å²) >= 11 is 0. The molecule has 0 aliphatic rings. The maximum atomic E-state index is 10.7. The monoisotopic (exact) mass is 544 g/mol. The molecule has 0 fully saturated rings. The van der Waals surface area contributed by atoms with Crippen LogP contribution >= 0.6 is 0 Å². The zero-order valence-corrected chi connectivity index (χ0v) is 25.1. The molecule has 0 aliphatic carbocycles. The van der Waals surface area contributed by atoms with Crippen LogP contribution in [0.1, 0.15) is 67.9 Å². The molecule has 7 heteroatoms. The molecule has 3 N–H and O–H groups in total. The minimum atomic E-state index is -0.295. The molecular weight excluding hydrogens is 504 g/mol. The van der Waals surface area contributed by atoms with E-state index in [0.717, 1.165) is 0 Å². The summed E-state index contributed by atoms with van der Waals surface area (Å²) in [5.74, 6) is -0.437. The van der Waals surface area contributed by atoms with Gasteiger partial charge >= 0.3 is 0 Å². The second-order valence-corrected chi connectivity index (χ2v) is 4.21. The molecule has 2 rings (SSSR count). The molecule has 31 heavy (non-hydrogen) atoms. The van der Waals surface area contributed by atoms with Crippen molar-refractivity contribution in [1.82, 2.24) is 0 Å². The number of carbonyl (C=O) groups excluding carboxylic acids is 2. The molecule has 2 amide bonds. The summed E-state index contributed by atoms with van der Waals surface area (Å²) in [5.41, 5.74) is 1.85. The summed E-state index contributed by atoms with van der Waals surface area (Å²) in [7, 11) is 0. The van der Waals surface area contributed by atoms with Gasteiger partial charge in [0, 0.05) is 63.9 Å². The fourth-order valence-electron chi connectivity index (χ4n) is 1.43. The van der Waals surface area contributed by atoms with Gasteiger partial charge in [-0.15, -0.1) is 0 Å². The molecule has 0 aliphatic heterocycles. The topological polar surface area (TPSA) is 78.4 Å². The van der Waals surface area contributed by atoms with Gasteiger partial charge in [-0.1, -0.05) is 91.3 Å². The molecule has 0 heterocycles. The minimum Gasteiger partial charge on any atom is -0.533 e. The third-order valence-electron chi connectivity index (χ3n) is 2.37. The number of phenols is 1. The van der Waals surface area contributed by atoms with Crippen molar-refractivity contribution in [1.29, 1.82) is 0 Å². The number of phenolic OH excluding ortho intramolecular Hbond substituents is 1. The largest absolute Gasteiger partial charge is 0.533 e. The number of benzene rings is 2. The van der Waals surface area contributed by atoms with E-state index in [0.29, 0.717) is 0 Å². The number of anilines is 2. The summed E-state index contributed by atoms with van der Waals surface area (Å²) < 4.78 is 0. The standard InChI is InChI=1S/C9H8N2O3.C7H8.4C2H6.V.Y/c1-6(13)11-8-3-2-7(10-5-12)4-9(8)14;1-7-5-3-2-4-6-7;4*1-2;;/h3-4,14H,1H3,(H,10,12)(H,11,13);2-6H,1H3;4*1-2H3;;/q-2;;;;;;;. The number of aromatic hydroxyl groups is 1. The number of hydrogen-bond acceptors (Lipinski definition) is 3. The Labute approximate surface area is 228 Å². The molecule has 0 spiro atoms. The molecule has 2 aromatic carbocycles. The van der Waals surface area contributed by atoms with Crippen molar-refractivity contribution in [3.8, 4) is 5.75 Å². The van der Waals surface area contributed by atoms with Gasteiger partial charge in [0.2, 0.25) is 5.91 Å². The van der Waals surface area contributed by atoms with Crippen LogP contribution in [0.4, 0.5) is 11.4 Å². The van der Waals surface area contributed by atoms with E-state index in [9.17, 15) is 14.7 Å². The Hall–Kier alpha value is -1.13. The van der Waals surface area contributed by atoms with E-state index in [1.807, 2.05) is 73.6 Å². The Morgan fingerprint density at radius 3 is 1.71 bits per heavy atom. The van der Waals surface area contributed by atoms with Crippen molar-refractivity contribution in [3.05, 3.63) is 54.1 Å². The van der Waals surface area contributed by atoms with Gasteiger partial charge in [0.1, 0.15) is 0 Å². The molecule has 2 aromatic rings. The second-order valence-electron chi connectivity index (χ2n) is 4.21. The van der Waals surface area contributed by atoms with Crippen LogP contribution in [-0.4, -0.2) is 17.4 Å². The van der Waals surface area contributed by atoms with Crippen molar-refractivity contribution in [2.75, 3.05) is 10.6 Å². The van der Waals surface area contributed by atoms with E-state index in [1.165, 1.54) is 31.0 Å². The van der Waals surface area contributed by atoms with Crippen LogP contribution in [0.25, 0.3) is 0 Å². The molecule has 0 saturated heterocycles. The molecule has 174 valence electrons. The minimum absolute atomic E-state index is 0. The van der Waals surface area contributed by atoms with E-state index in [-0.39, 0.29) is 74.3 Å².